The largest absolute Gasteiger partial charge is 0.307 e. The lowest BCUT2D eigenvalue weighted by molar-refractivity contribution is 1.04. The summed E-state index contributed by atoms with van der Waals surface area (Å²) in [6.45, 7) is 0.854. The fourth-order valence-corrected chi connectivity index (χ4v) is 3.29. The van der Waals surface area contributed by atoms with E-state index < -0.39 is 0 Å². The Morgan fingerprint density at radius 2 is 2.25 bits per heavy atom. The molecule has 2 aliphatic rings. The van der Waals surface area contributed by atoms with Gasteiger partial charge in [-0.2, -0.15) is 0 Å². The van der Waals surface area contributed by atoms with Gasteiger partial charge in [0, 0.05) is 17.7 Å². The summed E-state index contributed by atoms with van der Waals surface area (Å²) in [4.78, 5) is 4.81. The predicted octanol–water partition coefficient (Wildman–Crippen LogP) is 3.25. The zero-order chi connectivity index (χ0) is 10.5. The van der Waals surface area contributed by atoms with Crippen LogP contribution in [0.15, 0.2) is 34.8 Å². The summed E-state index contributed by atoms with van der Waals surface area (Å²) in [6.07, 6.45) is 4.79. The number of hydrogen-bond acceptors (Lipinski definition) is 2. The van der Waals surface area contributed by atoms with E-state index in [4.69, 9.17) is 4.99 Å². The number of thiophene rings is 1. The molecule has 0 amide bonds. The van der Waals surface area contributed by atoms with Gasteiger partial charge in [0.05, 0.1) is 18.0 Å². The Morgan fingerprint density at radius 1 is 1.31 bits per heavy atom. The highest BCUT2D eigenvalue weighted by molar-refractivity contribution is 7.12. The van der Waals surface area contributed by atoms with E-state index in [-0.39, 0.29) is 0 Å². The maximum absolute atomic E-state index is 4.81. The number of nitrogens with zero attached hydrogens (tertiary/aromatic N) is 2. The summed E-state index contributed by atoms with van der Waals surface area (Å²) in [5.41, 5.74) is 4.00. The molecule has 1 aliphatic carbocycles. The Bertz CT molecular complexity index is 572. The molecule has 80 valence electrons. The van der Waals surface area contributed by atoms with Gasteiger partial charge in [0.2, 0.25) is 0 Å². The lowest BCUT2D eigenvalue weighted by atomic mass is 10.2. The van der Waals surface area contributed by atoms with Crippen LogP contribution < -0.4 is 0 Å². The molecule has 4 rings (SSSR count). The van der Waals surface area contributed by atoms with Crippen molar-refractivity contribution in [2.24, 2.45) is 10.9 Å². The lowest BCUT2D eigenvalue weighted by Crippen LogP contribution is -2.07. The molecule has 0 radical (unpaired) electrons. The van der Waals surface area contributed by atoms with Crippen molar-refractivity contribution in [3.8, 4) is 5.00 Å². The van der Waals surface area contributed by atoms with Crippen LogP contribution in [0.25, 0.3) is 5.00 Å². The third-order valence-electron chi connectivity index (χ3n) is 3.34. The van der Waals surface area contributed by atoms with Gasteiger partial charge in [0.15, 0.2) is 0 Å². The molecular weight excluding hydrogens is 216 g/mol. The van der Waals surface area contributed by atoms with Crippen LogP contribution in [-0.2, 0) is 6.54 Å². The molecule has 0 bridgehead atoms. The monoisotopic (exact) mass is 228 g/mol. The van der Waals surface area contributed by atoms with Crippen LogP contribution >= 0.6 is 11.3 Å². The first-order chi connectivity index (χ1) is 7.93. The summed E-state index contributed by atoms with van der Waals surface area (Å²) in [7, 11) is 0. The molecule has 2 nitrogen and oxygen atoms in total. The molecule has 0 atom stereocenters. The van der Waals surface area contributed by atoms with Crippen LogP contribution in [0.3, 0.4) is 0 Å². The van der Waals surface area contributed by atoms with E-state index >= 15 is 0 Å². The Balaban J connectivity index is 1.96. The topological polar surface area (TPSA) is 17.3 Å². The van der Waals surface area contributed by atoms with Crippen molar-refractivity contribution >= 4 is 17.0 Å². The summed E-state index contributed by atoms with van der Waals surface area (Å²) >= 11 is 1.81. The summed E-state index contributed by atoms with van der Waals surface area (Å²) in [5.74, 6) is 0.725. The number of hydrogen-bond donors (Lipinski definition) is 0. The van der Waals surface area contributed by atoms with E-state index in [0.717, 1.165) is 12.5 Å². The second-order valence-electron chi connectivity index (χ2n) is 4.49. The average molecular weight is 228 g/mol. The molecule has 2 aromatic heterocycles. The molecule has 3 heteroatoms. The fraction of sp³-hybridized carbons (Fsp3) is 0.308. The Kier molecular flexibility index (Phi) is 1.68. The quantitative estimate of drug-likeness (QED) is 0.713. The van der Waals surface area contributed by atoms with E-state index in [9.17, 15) is 0 Å². The molecule has 1 fully saturated rings. The van der Waals surface area contributed by atoms with Crippen LogP contribution in [0.4, 0.5) is 0 Å². The van der Waals surface area contributed by atoms with Gasteiger partial charge in [-0.05, 0) is 36.4 Å². The van der Waals surface area contributed by atoms with E-state index in [2.05, 4.69) is 34.3 Å². The second kappa shape index (κ2) is 3.08. The minimum Gasteiger partial charge on any atom is -0.307 e. The second-order valence-corrected chi connectivity index (χ2v) is 5.38. The third-order valence-corrected chi connectivity index (χ3v) is 4.29. The molecular formula is C13H12N2S. The SMILES string of the molecule is c1cc2n(c1)-c1sccc1CN=C2C1CC1. The van der Waals surface area contributed by atoms with Crippen molar-refractivity contribution in [3.05, 3.63) is 41.0 Å². The Hall–Kier alpha value is -1.35. The van der Waals surface area contributed by atoms with Crippen molar-refractivity contribution in [2.45, 2.75) is 19.4 Å². The first kappa shape index (κ1) is 8.76. The molecule has 1 saturated carbocycles. The lowest BCUT2D eigenvalue weighted by Gasteiger charge is -2.06. The van der Waals surface area contributed by atoms with Gasteiger partial charge in [-0.3, -0.25) is 4.99 Å². The minimum absolute atomic E-state index is 0.725. The van der Waals surface area contributed by atoms with Crippen molar-refractivity contribution in [1.29, 1.82) is 0 Å². The Labute approximate surface area is 98.3 Å². The van der Waals surface area contributed by atoms with Crippen LogP contribution in [0, 0.1) is 5.92 Å². The van der Waals surface area contributed by atoms with Gasteiger partial charge in [0.1, 0.15) is 5.00 Å². The number of fused-ring (bicyclic) bond motifs is 3. The first-order valence-corrected chi connectivity index (χ1v) is 6.60. The zero-order valence-electron chi connectivity index (χ0n) is 8.89. The van der Waals surface area contributed by atoms with E-state index in [1.54, 1.807) is 0 Å². The highest BCUT2D eigenvalue weighted by atomic mass is 32.1. The molecule has 2 aromatic rings. The van der Waals surface area contributed by atoms with Gasteiger partial charge >= 0.3 is 0 Å². The molecule has 3 heterocycles. The summed E-state index contributed by atoms with van der Waals surface area (Å²) in [6, 6.07) is 6.52. The standard InChI is InChI=1S/C13H12N2S/c1-2-11-12(9-3-4-9)14-8-10-5-7-16-13(10)15(11)6-1/h1-2,5-7,9H,3-4,8H2. The minimum atomic E-state index is 0.725. The maximum atomic E-state index is 4.81. The summed E-state index contributed by atoms with van der Waals surface area (Å²) in [5, 5.41) is 3.51. The van der Waals surface area contributed by atoms with Crippen molar-refractivity contribution < 1.29 is 0 Å². The van der Waals surface area contributed by atoms with Crippen molar-refractivity contribution in [3.63, 3.8) is 0 Å². The van der Waals surface area contributed by atoms with Gasteiger partial charge in [-0.15, -0.1) is 11.3 Å². The molecule has 0 spiro atoms. The average Bonchev–Trinajstić information content (AvgIpc) is 2.88. The van der Waals surface area contributed by atoms with Gasteiger partial charge in [0.25, 0.3) is 0 Å². The van der Waals surface area contributed by atoms with E-state index in [0.29, 0.717) is 0 Å². The van der Waals surface area contributed by atoms with E-state index in [1.165, 1.54) is 34.8 Å². The van der Waals surface area contributed by atoms with Crippen LogP contribution in [-0.4, -0.2) is 10.3 Å². The molecule has 0 aromatic carbocycles. The highest BCUT2D eigenvalue weighted by Gasteiger charge is 2.31. The zero-order valence-corrected chi connectivity index (χ0v) is 9.70. The predicted molar refractivity (Wildman–Crippen MR) is 66.6 cm³/mol. The molecule has 0 saturated heterocycles. The van der Waals surface area contributed by atoms with Gasteiger partial charge in [-0.25, -0.2) is 0 Å². The van der Waals surface area contributed by atoms with E-state index in [1.807, 2.05) is 11.3 Å². The number of rotatable bonds is 1. The third kappa shape index (κ3) is 1.15. The fourth-order valence-electron chi connectivity index (χ4n) is 2.37. The Morgan fingerprint density at radius 3 is 3.12 bits per heavy atom. The smallest absolute Gasteiger partial charge is 0.105 e. The number of aromatic nitrogens is 1. The molecule has 0 unspecified atom stereocenters. The molecule has 0 N–H and O–H groups in total. The molecule has 1 aliphatic heterocycles. The van der Waals surface area contributed by atoms with Gasteiger partial charge in [-0.1, -0.05) is 0 Å². The van der Waals surface area contributed by atoms with Crippen LogP contribution in [0.2, 0.25) is 0 Å². The first-order valence-electron chi connectivity index (χ1n) is 5.72. The van der Waals surface area contributed by atoms with Crippen LogP contribution in [0.5, 0.6) is 0 Å². The maximum Gasteiger partial charge on any atom is 0.105 e. The molecule has 16 heavy (non-hydrogen) atoms. The van der Waals surface area contributed by atoms with Crippen molar-refractivity contribution in [1.82, 2.24) is 4.57 Å². The normalized spacial score (nSPS) is 18.6. The van der Waals surface area contributed by atoms with Crippen LogP contribution in [0.1, 0.15) is 24.1 Å². The summed E-state index contributed by atoms with van der Waals surface area (Å²) < 4.78 is 2.31. The van der Waals surface area contributed by atoms with Gasteiger partial charge < -0.3 is 4.57 Å². The number of aliphatic imine (C=N–C) groups is 1. The van der Waals surface area contributed by atoms with Crippen molar-refractivity contribution in [2.75, 3.05) is 0 Å². The highest BCUT2D eigenvalue weighted by Crippen LogP contribution is 2.37.